The van der Waals surface area contributed by atoms with Gasteiger partial charge in [-0.25, -0.2) is 4.68 Å². The molecule has 6 atom stereocenters. The van der Waals surface area contributed by atoms with Crippen LogP contribution in [0.1, 0.15) is 83.9 Å². The van der Waals surface area contributed by atoms with Gasteiger partial charge in [-0.3, -0.25) is 19.3 Å². The molecule has 38 heavy (non-hydrogen) atoms. The molecule has 1 aromatic heterocycles. The van der Waals surface area contributed by atoms with Gasteiger partial charge in [-0.05, 0) is 39.5 Å². The van der Waals surface area contributed by atoms with E-state index in [4.69, 9.17) is 0 Å². The minimum atomic E-state index is -1.02. The molecule has 4 aliphatic rings. The van der Waals surface area contributed by atoms with E-state index in [-0.39, 0.29) is 42.3 Å². The van der Waals surface area contributed by atoms with Gasteiger partial charge >= 0.3 is 0 Å². The van der Waals surface area contributed by atoms with E-state index in [9.17, 15) is 19.5 Å². The lowest BCUT2D eigenvalue weighted by atomic mass is 9.86. The molecule has 0 aromatic carbocycles. The van der Waals surface area contributed by atoms with E-state index in [1.807, 2.05) is 24.7 Å². The summed E-state index contributed by atoms with van der Waals surface area (Å²) in [5, 5.41) is 25.3. The summed E-state index contributed by atoms with van der Waals surface area (Å²) in [6, 6.07) is -1.95. The lowest BCUT2D eigenvalue weighted by Gasteiger charge is -2.33. The molecule has 11 heteroatoms. The number of aromatic nitrogens is 3. The van der Waals surface area contributed by atoms with Crippen LogP contribution in [0.15, 0.2) is 6.20 Å². The Hall–Kier alpha value is -2.53. The summed E-state index contributed by atoms with van der Waals surface area (Å²) in [6.07, 6.45) is 9.07. The van der Waals surface area contributed by atoms with E-state index in [1.165, 1.54) is 32.1 Å². The number of nitrogens with one attached hydrogen (secondary N) is 2. The zero-order chi connectivity index (χ0) is 27.0. The fraction of sp³-hybridized carbons (Fsp3) is 0.815. The predicted octanol–water partition coefficient (Wildman–Crippen LogP) is 0.780. The van der Waals surface area contributed by atoms with Gasteiger partial charge in [0, 0.05) is 37.8 Å². The summed E-state index contributed by atoms with van der Waals surface area (Å²) in [5.74, 6) is -0.0119. The summed E-state index contributed by atoms with van der Waals surface area (Å²) >= 11 is 0. The van der Waals surface area contributed by atoms with Crippen molar-refractivity contribution in [3.05, 3.63) is 11.9 Å². The third-order valence-electron chi connectivity index (χ3n) is 9.01. The number of aliphatic hydroxyl groups excluding tert-OH is 1. The highest BCUT2D eigenvalue weighted by Crippen LogP contribution is 2.32. The number of nitrogens with zero attached hydrogens (tertiary/aromatic N) is 5. The van der Waals surface area contributed by atoms with Crippen LogP contribution < -0.4 is 10.6 Å². The normalized spacial score (nSPS) is 33.9. The van der Waals surface area contributed by atoms with Crippen LogP contribution in [-0.4, -0.2) is 97.0 Å². The first-order chi connectivity index (χ1) is 18.2. The van der Waals surface area contributed by atoms with Crippen LogP contribution in [0.5, 0.6) is 0 Å². The third-order valence-corrected chi connectivity index (χ3v) is 9.01. The van der Waals surface area contributed by atoms with Crippen LogP contribution in [0, 0.1) is 5.92 Å². The van der Waals surface area contributed by atoms with E-state index in [0.29, 0.717) is 31.8 Å². The first kappa shape index (κ1) is 27.1. The van der Waals surface area contributed by atoms with Crippen LogP contribution in [0.4, 0.5) is 0 Å². The maximum atomic E-state index is 14.0. The van der Waals surface area contributed by atoms with Gasteiger partial charge in [-0.15, -0.1) is 5.10 Å². The van der Waals surface area contributed by atoms with Gasteiger partial charge in [-0.1, -0.05) is 37.3 Å². The third kappa shape index (κ3) is 5.73. The lowest BCUT2D eigenvalue weighted by Crippen LogP contribution is -2.55. The topological polar surface area (TPSA) is 133 Å². The fourth-order valence-electron chi connectivity index (χ4n) is 6.81. The molecule has 0 radical (unpaired) electrons. The fourth-order valence-corrected chi connectivity index (χ4v) is 6.81. The number of likely N-dealkylation sites (tertiary alicyclic amines) is 1. The summed E-state index contributed by atoms with van der Waals surface area (Å²) in [6.45, 7) is 6.71. The van der Waals surface area contributed by atoms with Gasteiger partial charge in [0.05, 0.1) is 36.3 Å². The van der Waals surface area contributed by atoms with Crippen LogP contribution in [0.2, 0.25) is 0 Å². The van der Waals surface area contributed by atoms with Crippen molar-refractivity contribution in [3.63, 3.8) is 0 Å². The Bertz CT molecular complexity index is 1020. The van der Waals surface area contributed by atoms with Crippen molar-refractivity contribution in [1.29, 1.82) is 0 Å². The maximum absolute atomic E-state index is 14.0. The maximum Gasteiger partial charge on any atom is 0.243 e. The van der Waals surface area contributed by atoms with E-state index >= 15 is 0 Å². The number of hydrogen-bond acceptors (Lipinski definition) is 7. The molecular weight excluding hydrogens is 486 g/mol. The minimum absolute atomic E-state index is 0.0897. The molecule has 1 aliphatic carbocycles. The Balaban J connectivity index is 1.38. The smallest absolute Gasteiger partial charge is 0.243 e. The van der Waals surface area contributed by atoms with Crippen molar-refractivity contribution in [2.24, 2.45) is 5.92 Å². The van der Waals surface area contributed by atoms with Crippen molar-refractivity contribution in [3.8, 4) is 0 Å². The second kappa shape index (κ2) is 11.3. The van der Waals surface area contributed by atoms with Crippen LogP contribution in [-0.2, 0) is 20.8 Å². The molecule has 5 rings (SSSR count). The molecule has 210 valence electrons. The second-order valence-electron chi connectivity index (χ2n) is 12.2. The van der Waals surface area contributed by atoms with Gasteiger partial charge in [-0.2, -0.15) is 0 Å². The first-order valence-electron chi connectivity index (χ1n) is 14.4. The average molecular weight is 530 g/mol. The molecular formula is C27H43N7O4. The number of amides is 3. The van der Waals surface area contributed by atoms with Gasteiger partial charge in [0.15, 0.2) is 0 Å². The quantitative estimate of drug-likeness (QED) is 0.525. The molecule has 3 aliphatic heterocycles. The minimum Gasteiger partial charge on any atom is -0.390 e. The standard InChI is InChI=1S/C27H43N7O4/c1-16(2)32-13-19-10-23(32)27(38)33-15-21(34-14-20(30-31-34)9-18-7-5-4-6-8-18)11-22(33)26(37)28-17(3)24(35)12-25(36)29-19/h14,16-19,21-24,35H,4-13,15H2,1-3H3,(H,28,37)(H,29,36)/t17-,19+,21-,22-,23-,24-/m0/s1. The molecule has 0 spiro atoms. The number of aliphatic hydroxyl groups is 1. The molecule has 1 aromatic rings. The highest BCUT2D eigenvalue weighted by atomic mass is 16.3. The van der Waals surface area contributed by atoms with Crippen LogP contribution >= 0.6 is 0 Å². The van der Waals surface area contributed by atoms with E-state index < -0.39 is 24.2 Å². The Labute approximate surface area is 224 Å². The summed E-state index contributed by atoms with van der Waals surface area (Å²) in [7, 11) is 0. The van der Waals surface area contributed by atoms with E-state index in [0.717, 1.165) is 12.1 Å². The van der Waals surface area contributed by atoms with Crippen molar-refractivity contribution in [2.75, 3.05) is 13.1 Å². The van der Waals surface area contributed by atoms with Crippen molar-refractivity contribution >= 4 is 17.7 Å². The number of hydrogen-bond donors (Lipinski definition) is 3. The van der Waals surface area contributed by atoms with E-state index in [1.54, 1.807) is 11.8 Å². The van der Waals surface area contributed by atoms with Gasteiger partial charge in [0.1, 0.15) is 6.04 Å². The Kier molecular flexibility index (Phi) is 8.04. The molecule has 3 N–H and O–H groups in total. The molecule has 4 fully saturated rings. The predicted molar refractivity (Wildman–Crippen MR) is 140 cm³/mol. The molecule has 2 bridgehead atoms. The van der Waals surface area contributed by atoms with Gasteiger partial charge in [0.25, 0.3) is 0 Å². The van der Waals surface area contributed by atoms with Gasteiger partial charge in [0.2, 0.25) is 17.7 Å². The summed E-state index contributed by atoms with van der Waals surface area (Å²) in [5.41, 5.74) is 0.974. The van der Waals surface area contributed by atoms with E-state index in [2.05, 4.69) is 25.8 Å². The van der Waals surface area contributed by atoms with Crippen molar-refractivity contribution < 1.29 is 19.5 Å². The summed E-state index contributed by atoms with van der Waals surface area (Å²) in [4.78, 5) is 43.9. The Morgan fingerprint density at radius 3 is 2.55 bits per heavy atom. The monoisotopic (exact) mass is 529 g/mol. The molecule has 1 saturated carbocycles. The number of carbonyl (C=O) groups is 3. The van der Waals surface area contributed by atoms with Crippen molar-refractivity contribution in [2.45, 2.75) is 121 Å². The molecule has 3 saturated heterocycles. The number of fused-ring (bicyclic) bond motifs is 3. The zero-order valence-electron chi connectivity index (χ0n) is 22.9. The molecule has 3 amide bonds. The lowest BCUT2D eigenvalue weighted by molar-refractivity contribution is -0.142. The van der Waals surface area contributed by atoms with Gasteiger partial charge < -0.3 is 20.6 Å². The zero-order valence-corrected chi connectivity index (χ0v) is 22.9. The van der Waals surface area contributed by atoms with Crippen LogP contribution in [0.25, 0.3) is 0 Å². The average Bonchev–Trinajstić information content (AvgIpc) is 3.62. The number of rotatable bonds is 4. The highest BCUT2D eigenvalue weighted by molar-refractivity contribution is 5.91. The second-order valence-corrected chi connectivity index (χ2v) is 12.2. The summed E-state index contributed by atoms with van der Waals surface area (Å²) < 4.78 is 1.84. The molecule has 4 heterocycles. The van der Waals surface area contributed by atoms with Crippen LogP contribution in [0.3, 0.4) is 0 Å². The largest absolute Gasteiger partial charge is 0.390 e. The molecule has 11 nitrogen and oxygen atoms in total. The molecule has 0 unspecified atom stereocenters. The number of carbonyl (C=O) groups excluding carboxylic acids is 3. The first-order valence-corrected chi connectivity index (χ1v) is 14.4. The Morgan fingerprint density at radius 1 is 1.05 bits per heavy atom. The van der Waals surface area contributed by atoms with Crippen molar-refractivity contribution in [1.82, 2.24) is 35.4 Å². The SMILES string of the molecule is CC(C)N1C[C@H]2C[C@H]1C(=O)N1C[C@@H](n3cc(CC4CCCCC4)nn3)C[C@H]1C(=O)N[C@@H](C)[C@@H](O)CC(=O)N2. The highest BCUT2D eigenvalue weighted by Gasteiger charge is 2.47. The Morgan fingerprint density at radius 2 is 1.82 bits per heavy atom.